The molecule has 0 bridgehead atoms. The van der Waals surface area contributed by atoms with Crippen LogP contribution in [0.25, 0.3) is 10.8 Å². The van der Waals surface area contributed by atoms with Crippen LogP contribution < -0.4 is 0 Å². The summed E-state index contributed by atoms with van der Waals surface area (Å²) < 4.78 is 0. The number of aliphatic hydroxyl groups excluding tert-OH is 1. The van der Waals surface area contributed by atoms with Gasteiger partial charge in [0.1, 0.15) is 6.10 Å². The van der Waals surface area contributed by atoms with Gasteiger partial charge in [-0.3, -0.25) is 4.98 Å². The largest absolute Gasteiger partial charge is 0.386 e. The smallest absolute Gasteiger partial charge is 0.107 e. The number of aliphatic hydroxyl groups is 1. The van der Waals surface area contributed by atoms with Gasteiger partial charge in [-0.15, -0.1) is 12.3 Å². The molecule has 1 unspecified atom stereocenters. The van der Waals surface area contributed by atoms with Gasteiger partial charge in [-0.2, -0.15) is 0 Å². The zero-order chi connectivity index (χ0) is 10.7. The number of hydrogen-bond acceptors (Lipinski definition) is 2. The molecule has 15 heavy (non-hydrogen) atoms. The van der Waals surface area contributed by atoms with Crippen molar-refractivity contribution in [2.75, 3.05) is 0 Å². The molecule has 1 N–H and O–H groups in total. The third-order valence-corrected chi connectivity index (χ3v) is 2.33. The van der Waals surface area contributed by atoms with Crippen LogP contribution in [-0.4, -0.2) is 10.1 Å². The Morgan fingerprint density at radius 3 is 2.93 bits per heavy atom. The fourth-order valence-electron chi connectivity index (χ4n) is 1.62. The summed E-state index contributed by atoms with van der Waals surface area (Å²) in [5.74, 6) is 2.44. The summed E-state index contributed by atoms with van der Waals surface area (Å²) in [7, 11) is 0. The van der Waals surface area contributed by atoms with E-state index in [0.717, 1.165) is 10.8 Å². The van der Waals surface area contributed by atoms with Gasteiger partial charge in [0, 0.05) is 18.0 Å². The number of fused-ring (bicyclic) bond motifs is 1. The van der Waals surface area contributed by atoms with Crippen molar-refractivity contribution in [3.63, 3.8) is 0 Å². The van der Waals surface area contributed by atoms with Gasteiger partial charge in [-0.05, 0) is 11.5 Å². The molecule has 0 aliphatic carbocycles. The third kappa shape index (κ3) is 1.83. The molecule has 1 aromatic heterocycles. The van der Waals surface area contributed by atoms with Crippen LogP contribution in [0.3, 0.4) is 0 Å². The summed E-state index contributed by atoms with van der Waals surface area (Å²) in [6.07, 6.45) is 6.48. The zero-order valence-electron chi connectivity index (χ0n) is 8.22. The normalized spacial score (nSPS) is 12.3. The lowest BCUT2D eigenvalue weighted by molar-refractivity contribution is 0.181. The summed E-state index contributed by atoms with van der Waals surface area (Å²) in [6.45, 7) is 0. The van der Waals surface area contributed by atoms with Crippen molar-refractivity contribution in [3.05, 3.63) is 42.2 Å². The summed E-state index contributed by atoms with van der Waals surface area (Å²) in [4.78, 5) is 4.18. The number of benzene rings is 1. The standard InChI is InChI=1S/C13H11NO/c1-2-5-12(15)13-11-7-4-3-6-10(11)8-9-14-13/h1,3-4,6-9,12,15H,5H2. The van der Waals surface area contributed by atoms with Gasteiger partial charge in [-0.1, -0.05) is 24.3 Å². The maximum absolute atomic E-state index is 9.81. The van der Waals surface area contributed by atoms with Crippen LogP contribution >= 0.6 is 0 Å². The van der Waals surface area contributed by atoms with E-state index in [9.17, 15) is 5.11 Å². The van der Waals surface area contributed by atoms with Gasteiger partial charge < -0.3 is 5.11 Å². The third-order valence-electron chi connectivity index (χ3n) is 2.33. The predicted octanol–water partition coefficient (Wildman–Crippen LogP) is 2.29. The van der Waals surface area contributed by atoms with E-state index in [-0.39, 0.29) is 0 Å². The highest BCUT2D eigenvalue weighted by Crippen LogP contribution is 2.23. The quantitative estimate of drug-likeness (QED) is 0.749. The molecule has 1 aromatic carbocycles. The molecule has 0 saturated heterocycles. The molecule has 0 aliphatic rings. The zero-order valence-corrected chi connectivity index (χ0v) is 8.22. The lowest BCUT2D eigenvalue weighted by Gasteiger charge is -2.09. The molecule has 2 rings (SSSR count). The minimum atomic E-state index is -0.680. The summed E-state index contributed by atoms with van der Waals surface area (Å²) >= 11 is 0. The second kappa shape index (κ2) is 4.12. The van der Waals surface area contributed by atoms with E-state index in [0.29, 0.717) is 12.1 Å². The van der Waals surface area contributed by atoms with Crippen LogP contribution in [0, 0.1) is 12.3 Å². The Hall–Kier alpha value is -1.85. The van der Waals surface area contributed by atoms with Crippen molar-refractivity contribution in [2.45, 2.75) is 12.5 Å². The Kier molecular flexibility index (Phi) is 2.66. The summed E-state index contributed by atoms with van der Waals surface area (Å²) in [6, 6.07) is 9.73. The average molecular weight is 197 g/mol. The van der Waals surface area contributed by atoms with Crippen LogP contribution in [0.15, 0.2) is 36.5 Å². The lowest BCUT2D eigenvalue weighted by atomic mass is 10.1. The molecule has 2 nitrogen and oxygen atoms in total. The molecule has 0 radical (unpaired) electrons. The van der Waals surface area contributed by atoms with Crippen LogP contribution in [0.5, 0.6) is 0 Å². The van der Waals surface area contributed by atoms with Gasteiger partial charge in [0.15, 0.2) is 0 Å². The van der Waals surface area contributed by atoms with Crippen molar-refractivity contribution in [2.24, 2.45) is 0 Å². The molecule has 1 atom stereocenters. The molecule has 0 spiro atoms. The maximum atomic E-state index is 9.81. The Morgan fingerprint density at radius 1 is 1.33 bits per heavy atom. The SMILES string of the molecule is C#CCC(O)c1nccc2ccccc12. The monoisotopic (exact) mass is 197 g/mol. The molecule has 0 aliphatic heterocycles. The van der Waals surface area contributed by atoms with E-state index in [2.05, 4.69) is 10.9 Å². The molecule has 0 fully saturated rings. The lowest BCUT2D eigenvalue weighted by Crippen LogP contribution is -2.00. The number of terminal acetylenes is 1. The minimum absolute atomic E-state index is 0.293. The second-order valence-electron chi connectivity index (χ2n) is 3.34. The van der Waals surface area contributed by atoms with E-state index < -0.39 is 6.10 Å². The van der Waals surface area contributed by atoms with Crippen LogP contribution in [0.1, 0.15) is 18.2 Å². The van der Waals surface area contributed by atoms with Gasteiger partial charge in [-0.25, -0.2) is 0 Å². The van der Waals surface area contributed by atoms with E-state index in [1.54, 1.807) is 6.20 Å². The molecule has 1 heterocycles. The first-order valence-corrected chi connectivity index (χ1v) is 4.78. The highest BCUT2D eigenvalue weighted by molar-refractivity contribution is 5.84. The van der Waals surface area contributed by atoms with Gasteiger partial charge in [0.05, 0.1) is 5.69 Å². The van der Waals surface area contributed by atoms with Crippen molar-refractivity contribution < 1.29 is 5.11 Å². The first-order valence-electron chi connectivity index (χ1n) is 4.78. The van der Waals surface area contributed by atoms with Gasteiger partial charge in [0.25, 0.3) is 0 Å². The molecule has 0 amide bonds. The summed E-state index contributed by atoms with van der Waals surface area (Å²) in [5.41, 5.74) is 0.658. The molecule has 2 aromatic rings. The predicted molar refractivity (Wildman–Crippen MR) is 60.2 cm³/mol. The number of pyridine rings is 1. The van der Waals surface area contributed by atoms with Crippen molar-refractivity contribution in [3.8, 4) is 12.3 Å². The van der Waals surface area contributed by atoms with E-state index >= 15 is 0 Å². The highest BCUT2D eigenvalue weighted by atomic mass is 16.3. The van der Waals surface area contributed by atoms with Crippen molar-refractivity contribution in [1.29, 1.82) is 0 Å². The van der Waals surface area contributed by atoms with E-state index in [1.807, 2.05) is 30.3 Å². The van der Waals surface area contributed by atoms with Gasteiger partial charge in [0.2, 0.25) is 0 Å². The van der Waals surface area contributed by atoms with Crippen molar-refractivity contribution >= 4 is 10.8 Å². The molecule has 0 saturated carbocycles. The van der Waals surface area contributed by atoms with Crippen molar-refractivity contribution in [1.82, 2.24) is 4.98 Å². The highest BCUT2D eigenvalue weighted by Gasteiger charge is 2.10. The molecular weight excluding hydrogens is 186 g/mol. The number of rotatable bonds is 2. The molecule has 2 heteroatoms. The number of nitrogens with zero attached hydrogens (tertiary/aromatic N) is 1. The van der Waals surface area contributed by atoms with Crippen LogP contribution in [0.2, 0.25) is 0 Å². The van der Waals surface area contributed by atoms with Crippen LogP contribution in [0.4, 0.5) is 0 Å². The number of hydrogen-bond donors (Lipinski definition) is 1. The van der Waals surface area contributed by atoms with Gasteiger partial charge >= 0.3 is 0 Å². The topological polar surface area (TPSA) is 33.1 Å². The van der Waals surface area contributed by atoms with E-state index in [4.69, 9.17) is 6.42 Å². The average Bonchev–Trinajstić information content (AvgIpc) is 2.28. The Labute approximate surface area is 88.6 Å². The fraction of sp³-hybridized carbons (Fsp3) is 0.154. The van der Waals surface area contributed by atoms with Crippen LogP contribution in [-0.2, 0) is 0 Å². The first-order chi connectivity index (χ1) is 7.33. The van der Waals surface area contributed by atoms with E-state index in [1.165, 1.54) is 0 Å². The Balaban J connectivity index is 2.56. The molecular formula is C13H11NO. The maximum Gasteiger partial charge on any atom is 0.107 e. The number of aromatic nitrogens is 1. The Bertz CT molecular complexity index is 508. The summed E-state index contributed by atoms with van der Waals surface area (Å²) in [5, 5.41) is 11.8. The Morgan fingerprint density at radius 2 is 2.13 bits per heavy atom. The molecule has 74 valence electrons. The first kappa shape index (κ1) is 9.70. The minimum Gasteiger partial charge on any atom is -0.386 e. The second-order valence-corrected chi connectivity index (χ2v) is 3.34. The fourth-order valence-corrected chi connectivity index (χ4v) is 1.62.